The van der Waals surface area contributed by atoms with Gasteiger partial charge in [-0.15, -0.1) is 0 Å². The van der Waals surface area contributed by atoms with Gasteiger partial charge in [0.2, 0.25) is 5.91 Å². The highest BCUT2D eigenvalue weighted by atomic mass is 16.2. The van der Waals surface area contributed by atoms with Crippen LogP contribution in [-0.4, -0.2) is 42.0 Å². The molecule has 1 fully saturated rings. The van der Waals surface area contributed by atoms with Crippen LogP contribution in [0.5, 0.6) is 0 Å². The average molecular weight is 335 g/mol. The molecule has 0 atom stereocenters. The SMILES string of the molecule is O=C(CN1CCC(Cc2cccnc2)CC1)N1CCc2ccccc21. The van der Waals surface area contributed by atoms with E-state index in [1.165, 1.54) is 24.0 Å². The van der Waals surface area contributed by atoms with Gasteiger partial charge in [0.15, 0.2) is 0 Å². The van der Waals surface area contributed by atoms with Crippen LogP contribution in [0.4, 0.5) is 5.69 Å². The van der Waals surface area contributed by atoms with Crippen molar-refractivity contribution in [3.63, 3.8) is 0 Å². The molecule has 3 heterocycles. The van der Waals surface area contributed by atoms with Crippen LogP contribution < -0.4 is 4.90 Å². The van der Waals surface area contributed by atoms with Gasteiger partial charge in [-0.05, 0) is 68.0 Å². The summed E-state index contributed by atoms with van der Waals surface area (Å²) in [5.41, 5.74) is 3.73. The van der Waals surface area contributed by atoms with E-state index in [0.717, 1.165) is 38.2 Å². The molecule has 0 bridgehead atoms. The van der Waals surface area contributed by atoms with Crippen molar-refractivity contribution < 1.29 is 4.79 Å². The Kier molecular flexibility index (Phi) is 4.79. The Morgan fingerprint density at radius 3 is 2.72 bits per heavy atom. The van der Waals surface area contributed by atoms with Gasteiger partial charge >= 0.3 is 0 Å². The van der Waals surface area contributed by atoms with Gasteiger partial charge in [-0.25, -0.2) is 0 Å². The highest BCUT2D eigenvalue weighted by molar-refractivity contribution is 5.96. The number of likely N-dealkylation sites (tertiary alicyclic amines) is 1. The van der Waals surface area contributed by atoms with E-state index in [1.807, 2.05) is 29.4 Å². The molecule has 130 valence electrons. The van der Waals surface area contributed by atoms with Crippen LogP contribution in [0.3, 0.4) is 0 Å². The van der Waals surface area contributed by atoms with E-state index in [4.69, 9.17) is 0 Å². The minimum atomic E-state index is 0.246. The van der Waals surface area contributed by atoms with Crippen molar-refractivity contribution in [1.82, 2.24) is 9.88 Å². The third kappa shape index (κ3) is 3.74. The summed E-state index contributed by atoms with van der Waals surface area (Å²) in [6.07, 6.45) is 8.22. The maximum atomic E-state index is 12.7. The molecule has 1 amide bonds. The van der Waals surface area contributed by atoms with Gasteiger partial charge < -0.3 is 4.90 Å². The molecule has 2 aliphatic heterocycles. The number of pyridine rings is 1. The fourth-order valence-electron chi connectivity index (χ4n) is 4.07. The Morgan fingerprint density at radius 1 is 1.08 bits per heavy atom. The van der Waals surface area contributed by atoms with E-state index in [9.17, 15) is 4.79 Å². The first-order valence-electron chi connectivity index (χ1n) is 9.29. The zero-order chi connectivity index (χ0) is 17.1. The van der Waals surface area contributed by atoms with Crippen LogP contribution in [0.2, 0.25) is 0 Å². The van der Waals surface area contributed by atoms with Gasteiger partial charge in [0.1, 0.15) is 0 Å². The first-order chi connectivity index (χ1) is 12.3. The van der Waals surface area contributed by atoms with Crippen molar-refractivity contribution in [2.75, 3.05) is 31.1 Å². The topological polar surface area (TPSA) is 36.4 Å². The number of fused-ring (bicyclic) bond motifs is 1. The van der Waals surface area contributed by atoms with Gasteiger partial charge in [-0.3, -0.25) is 14.7 Å². The maximum Gasteiger partial charge on any atom is 0.241 e. The molecule has 4 rings (SSSR count). The monoisotopic (exact) mass is 335 g/mol. The molecule has 2 aromatic rings. The lowest BCUT2D eigenvalue weighted by molar-refractivity contribution is -0.120. The first kappa shape index (κ1) is 16.3. The smallest absolute Gasteiger partial charge is 0.241 e. The quantitative estimate of drug-likeness (QED) is 0.862. The number of carbonyl (C=O) groups is 1. The molecule has 1 aromatic heterocycles. The van der Waals surface area contributed by atoms with E-state index in [0.29, 0.717) is 12.5 Å². The Morgan fingerprint density at radius 2 is 1.92 bits per heavy atom. The molecule has 0 radical (unpaired) electrons. The molecule has 2 aliphatic rings. The Hall–Kier alpha value is -2.20. The third-order valence-corrected chi connectivity index (χ3v) is 5.50. The number of aromatic nitrogens is 1. The predicted molar refractivity (Wildman–Crippen MR) is 99.6 cm³/mol. The fraction of sp³-hybridized carbons (Fsp3) is 0.429. The Bertz CT molecular complexity index is 723. The van der Waals surface area contributed by atoms with E-state index in [1.54, 1.807) is 0 Å². The summed E-state index contributed by atoms with van der Waals surface area (Å²) in [4.78, 5) is 21.2. The molecule has 0 unspecified atom stereocenters. The van der Waals surface area contributed by atoms with Crippen LogP contribution >= 0.6 is 0 Å². The van der Waals surface area contributed by atoms with E-state index in [2.05, 4.69) is 34.1 Å². The Labute approximate surface area is 149 Å². The number of hydrogen-bond donors (Lipinski definition) is 0. The summed E-state index contributed by atoms with van der Waals surface area (Å²) in [5.74, 6) is 0.957. The van der Waals surface area contributed by atoms with Gasteiger partial charge in [-0.2, -0.15) is 0 Å². The lowest BCUT2D eigenvalue weighted by Gasteiger charge is -2.32. The van der Waals surface area contributed by atoms with Crippen molar-refractivity contribution in [2.24, 2.45) is 5.92 Å². The molecule has 0 N–H and O–H groups in total. The number of para-hydroxylation sites is 1. The first-order valence-corrected chi connectivity index (χ1v) is 9.29. The molecule has 1 saturated heterocycles. The van der Waals surface area contributed by atoms with Crippen molar-refractivity contribution >= 4 is 11.6 Å². The number of anilines is 1. The van der Waals surface area contributed by atoms with E-state index < -0.39 is 0 Å². The van der Waals surface area contributed by atoms with Gasteiger partial charge in [0.25, 0.3) is 0 Å². The molecular weight excluding hydrogens is 310 g/mol. The predicted octanol–water partition coefficient (Wildman–Crippen LogP) is 2.93. The molecule has 0 spiro atoms. The molecule has 4 heteroatoms. The molecule has 0 saturated carbocycles. The highest BCUT2D eigenvalue weighted by Crippen LogP contribution is 2.28. The zero-order valence-electron chi connectivity index (χ0n) is 14.6. The molecule has 1 aromatic carbocycles. The third-order valence-electron chi connectivity index (χ3n) is 5.50. The summed E-state index contributed by atoms with van der Waals surface area (Å²) in [5, 5.41) is 0. The summed E-state index contributed by atoms with van der Waals surface area (Å²) in [7, 11) is 0. The average Bonchev–Trinajstić information content (AvgIpc) is 3.08. The molecule has 25 heavy (non-hydrogen) atoms. The number of carbonyl (C=O) groups excluding carboxylic acids is 1. The number of benzene rings is 1. The second-order valence-corrected chi connectivity index (χ2v) is 7.21. The zero-order valence-corrected chi connectivity index (χ0v) is 14.6. The van der Waals surface area contributed by atoms with Gasteiger partial charge in [0, 0.05) is 24.6 Å². The number of amides is 1. The normalized spacial score (nSPS) is 18.3. The second kappa shape index (κ2) is 7.36. The lowest BCUT2D eigenvalue weighted by Crippen LogP contribution is -2.43. The van der Waals surface area contributed by atoms with E-state index in [-0.39, 0.29) is 5.91 Å². The number of hydrogen-bond acceptors (Lipinski definition) is 3. The summed E-state index contributed by atoms with van der Waals surface area (Å²) >= 11 is 0. The lowest BCUT2D eigenvalue weighted by atomic mass is 9.91. The summed E-state index contributed by atoms with van der Waals surface area (Å²) < 4.78 is 0. The number of rotatable bonds is 4. The van der Waals surface area contributed by atoms with Crippen LogP contribution in [0, 0.1) is 5.92 Å². The van der Waals surface area contributed by atoms with Crippen LogP contribution in [0.15, 0.2) is 48.8 Å². The van der Waals surface area contributed by atoms with Crippen molar-refractivity contribution in [1.29, 1.82) is 0 Å². The summed E-state index contributed by atoms with van der Waals surface area (Å²) in [6.45, 7) is 3.42. The minimum Gasteiger partial charge on any atom is -0.311 e. The van der Waals surface area contributed by atoms with E-state index >= 15 is 0 Å². The summed E-state index contributed by atoms with van der Waals surface area (Å²) in [6, 6.07) is 12.5. The van der Waals surface area contributed by atoms with Crippen molar-refractivity contribution in [3.05, 3.63) is 59.9 Å². The largest absolute Gasteiger partial charge is 0.311 e. The minimum absolute atomic E-state index is 0.246. The van der Waals surface area contributed by atoms with Crippen LogP contribution in [0.1, 0.15) is 24.0 Å². The second-order valence-electron chi connectivity index (χ2n) is 7.21. The van der Waals surface area contributed by atoms with Gasteiger partial charge in [0.05, 0.1) is 6.54 Å². The highest BCUT2D eigenvalue weighted by Gasteiger charge is 2.27. The Balaban J connectivity index is 1.28. The van der Waals surface area contributed by atoms with Gasteiger partial charge in [-0.1, -0.05) is 24.3 Å². The maximum absolute atomic E-state index is 12.7. The molecule has 4 nitrogen and oxygen atoms in total. The standard InChI is InChI=1S/C21H25N3O/c25-21(24-13-9-19-5-1-2-6-20(19)24)16-23-11-7-17(8-12-23)14-18-4-3-10-22-15-18/h1-6,10,15,17H,7-9,11-14,16H2. The van der Waals surface area contributed by atoms with Crippen LogP contribution in [0.25, 0.3) is 0 Å². The van der Waals surface area contributed by atoms with Crippen molar-refractivity contribution in [3.8, 4) is 0 Å². The number of piperidine rings is 1. The molecular formula is C21H25N3O. The van der Waals surface area contributed by atoms with Crippen LogP contribution in [-0.2, 0) is 17.6 Å². The fourth-order valence-corrected chi connectivity index (χ4v) is 4.07. The number of nitrogens with zero attached hydrogens (tertiary/aromatic N) is 3. The molecule has 0 aliphatic carbocycles. The van der Waals surface area contributed by atoms with Crippen molar-refractivity contribution in [2.45, 2.75) is 25.7 Å².